The molecule has 0 aliphatic rings. The number of alkyl halides is 3. The minimum atomic E-state index is -5.24. The average Bonchev–Trinajstić information content (AvgIpc) is 3.35. The third kappa shape index (κ3) is 4.46. The van der Waals surface area contributed by atoms with Crippen molar-refractivity contribution in [3.8, 4) is 11.6 Å². The van der Waals surface area contributed by atoms with Gasteiger partial charge >= 0.3 is 12.1 Å². The van der Waals surface area contributed by atoms with Gasteiger partial charge in [-0.2, -0.15) is 22.8 Å². The monoisotopic (exact) mass is 525 g/mol. The standard InChI is InChI=1S/C21H19ClF3N7O4/c1-4-35-16-10(7-12(22)11-8-31(3)29-15(11)16)9(2)28-19(33)14-17(26)30-32-13(5-6-27-18(14)32)36-20(34)21(23,24)25/h5-9H,4H2,1-3H3,(H2,26,30)(H,28,33). The summed E-state index contributed by atoms with van der Waals surface area (Å²) in [7, 11) is 1.73. The number of nitrogens with one attached hydrogen (secondary N) is 1. The third-order valence-corrected chi connectivity index (χ3v) is 5.43. The lowest BCUT2D eigenvalue weighted by molar-refractivity contribution is -0.190. The van der Waals surface area contributed by atoms with E-state index in [2.05, 4.69) is 25.2 Å². The molecule has 4 rings (SSSR count). The van der Waals surface area contributed by atoms with E-state index in [1.165, 1.54) is 0 Å². The molecule has 1 atom stereocenters. The Kier molecular flexibility index (Phi) is 6.39. The van der Waals surface area contributed by atoms with Gasteiger partial charge in [0.05, 0.1) is 17.7 Å². The van der Waals surface area contributed by atoms with Crippen LogP contribution < -0.4 is 20.5 Å². The lowest BCUT2D eigenvalue weighted by Gasteiger charge is -2.19. The molecule has 15 heteroatoms. The van der Waals surface area contributed by atoms with Crippen LogP contribution >= 0.6 is 11.6 Å². The van der Waals surface area contributed by atoms with Crippen LogP contribution in [0, 0.1) is 0 Å². The van der Waals surface area contributed by atoms with Crippen LogP contribution in [0.15, 0.2) is 24.5 Å². The number of aromatic nitrogens is 5. The van der Waals surface area contributed by atoms with Crippen molar-refractivity contribution in [3.63, 3.8) is 0 Å². The summed E-state index contributed by atoms with van der Waals surface area (Å²) in [5.74, 6) is -3.73. The van der Waals surface area contributed by atoms with E-state index >= 15 is 0 Å². The van der Waals surface area contributed by atoms with Gasteiger partial charge in [0.2, 0.25) is 5.88 Å². The van der Waals surface area contributed by atoms with Gasteiger partial charge < -0.3 is 20.5 Å². The maximum absolute atomic E-state index is 13.2. The maximum Gasteiger partial charge on any atom is 0.491 e. The maximum atomic E-state index is 13.2. The van der Waals surface area contributed by atoms with E-state index in [-0.39, 0.29) is 17.0 Å². The van der Waals surface area contributed by atoms with Crippen LogP contribution in [0.25, 0.3) is 16.6 Å². The zero-order valence-electron chi connectivity index (χ0n) is 19.1. The van der Waals surface area contributed by atoms with Gasteiger partial charge in [0.1, 0.15) is 11.1 Å². The minimum Gasteiger partial charge on any atom is -0.491 e. The number of hydrogen-bond acceptors (Lipinski definition) is 8. The number of carbonyl (C=O) groups excluding carboxylic acids is 2. The number of esters is 1. The highest BCUT2D eigenvalue weighted by atomic mass is 35.5. The number of carbonyl (C=O) groups is 2. The molecule has 0 aliphatic heterocycles. The highest BCUT2D eigenvalue weighted by molar-refractivity contribution is 6.35. The van der Waals surface area contributed by atoms with Crippen LogP contribution in [0.3, 0.4) is 0 Å². The van der Waals surface area contributed by atoms with E-state index in [1.54, 1.807) is 37.8 Å². The van der Waals surface area contributed by atoms with Crippen LogP contribution in [0.5, 0.6) is 11.6 Å². The Bertz CT molecular complexity index is 1500. The molecule has 36 heavy (non-hydrogen) atoms. The number of benzene rings is 1. The van der Waals surface area contributed by atoms with Gasteiger partial charge in [-0.05, 0) is 19.9 Å². The first-order valence-electron chi connectivity index (χ1n) is 10.4. The van der Waals surface area contributed by atoms with E-state index in [9.17, 15) is 22.8 Å². The third-order valence-electron chi connectivity index (χ3n) is 5.11. The largest absolute Gasteiger partial charge is 0.491 e. The van der Waals surface area contributed by atoms with E-state index < -0.39 is 30.0 Å². The number of halogens is 4. The van der Waals surface area contributed by atoms with Crippen molar-refractivity contribution < 1.29 is 32.2 Å². The summed E-state index contributed by atoms with van der Waals surface area (Å²) in [6.45, 7) is 3.79. The van der Waals surface area contributed by atoms with Gasteiger partial charge in [0.15, 0.2) is 17.2 Å². The summed E-state index contributed by atoms with van der Waals surface area (Å²) in [5, 5.41) is 12.0. The van der Waals surface area contributed by atoms with Crippen molar-refractivity contribution >= 4 is 45.8 Å². The Morgan fingerprint density at radius 2 is 2.03 bits per heavy atom. The molecule has 4 aromatic rings. The number of ether oxygens (including phenoxy) is 2. The van der Waals surface area contributed by atoms with Crippen LogP contribution in [0.2, 0.25) is 5.02 Å². The van der Waals surface area contributed by atoms with Gasteiger partial charge in [-0.15, -0.1) is 5.10 Å². The normalized spacial score (nSPS) is 12.6. The summed E-state index contributed by atoms with van der Waals surface area (Å²) in [6.07, 6.45) is -2.45. The molecular formula is C21H19ClF3N7O4. The van der Waals surface area contributed by atoms with Crippen molar-refractivity contribution in [1.29, 1.82) is 0 Å². The smallest absolute Gasteiger partial charge is 0.491 e. The van der Waals surface area contributed by atoms with Crippen LogP contribution in [-0.4, -0.2) is 49.0 Å². The molecule has 190 valence electrons. The number of aryl methyl sites for hydroxylation is 1. The summed E-state index contributed by atoms with van der Waals surface area (Å²) < 4.78 is 50.4. The fraction of sp³-hybridized carbons (Fsp3) is 0.286. The van der Waals surface area contributed by atoms with Crippen LogP contribution in [0.1, 0.15) is 35.8 Å². The second-order valence-corrected chi connectivity index (χ2v) is 8.04. The van der Waals surface area contributed by atoms with Crippen molar-refractivity contribution in [2.24, 2.45) is 7.05 Å². The predicted molar refractivity (Wildman–Crippen MR) is 122 cm³/mol. The van der Waals surface area contributed by atoms with E-state index in [0.717, 1.165) is 16.8 Å². The average molecular weight is 526 g/mol. The number of amides is 1. The van der Waals surface area contributed by atoms with Crippen LogP contribution in [-0.2, 0) is 11.8 Å². The van der Waals surface area contributed by atoms with Crippen molar-refractivity contribution in [2.75, 3.05) is 12.3 Å². The van der Waals surface area contributed by atoms with Gasteiger partial charge in [0.25, 0.3) is 5.91 Å². The van der Waals surface area contributed by atoms with Crippen molar-refractivity contribution in [1.82, 2.24) is 29.7 Å². The Hall–Kier alpha value is -4.07. The van der Waals surface area contributed by atoms with E-state index in [4.69, 9.17) is 22.1 Å². The molecule has 1 aromatic carbocycles. The summed E-state index contributed by atoms with van der Waals surface area (Å²) in [4.78, 5) is 28.4. The van der Waals surface area contributed by atoms with Gasteiger partial charge in [-0.1, -0.05) is 11.6 Å². The lowest BCUT2D eigenvalue weighted by atomic mass is 10.0. The second-order valence-electron chi connectivity index (χ2n) is 7.64. The topological polar surface area (TPSA) is 139 Å². The molecule has 1 unspecified atom stereocenters. The van der Waals surface area contributed by atoms with E-state index in [1.807, 2.05) is 0 Å². The molecule has 0 spiro atoms. The SMILES string of the molecule is CCOc1c(C(C)NC(=O)c2c(N)nn3c(OC(=O)C(F)(F)F)ccnc23)cc(Cl)c2cn(C)nc12. The molecule has 3 heterocycles. The molecule has 3 N–H and O–H groups in total. The highest BCUT2D eigenvalue weighted by Crippen LogP contribution is 2.37. The number of rotatable bonds is 6. The Labute approximate surface area is 205 Å². The zero-order chi connectivity index (χ0) is 26.4. The van der Waals surface area contributed by atoms with Gasteiger partial charge in [-0.25, -0.2) is 9.78 Å². The van der Waals surface area contributed by atoms with Gasteiger partial charge in [0, 0.05) is 36.5 Å². The quantitative estimate of drug-likeness (QED) is 0.366. The minimum absolute atomic E-state index is 0.215. The van der Waals surface area contributed by atoms with Crippen molar-refractivity contribution in [2.45, 2.75) is 26.1 Å². The molecular weight excluding hydrogens is 507 g/mol. The number of nitrogens with zero attached hydrogens (tertiary/aromatic N) is 5. The first-order valence-corrected chi connectivity index (χ1v) is 10.8. The fourth-order valence-electron chi connectivity index (χ4n) is 3.60. The highest BCUT2D eigenvalue weighted by Gasteiger charge is 2.42. The number of nitrogens with two attached hydrogens (primary N) is 1. The summed E-state index contributed by atoms with van der Waals surface area (Å²) in [5.41, 5.74) is 6.48. The second kappa shape index (κ2) is 9.18. The molecule has 1 amide bonds. The molecule has 11 nitrogen and oxygen atoms in total. The number of nitrogen functional groups attached to an aromatic ring is 1. The Morgan fingerprint density at radius 3 is 2.69 bits per heavy atom. The molecule has 0 aliphatic carbocycles. The predicted octanol–water partition coefficient (Wildman–Crippen LogP) is 3.21. The van der Waals surface area contributed by atoms with Crippen LogP contribution in [0.4, 0.5) is 19.0 Å². The molecule has 0 bridgehead atoms. The molecule has 0 saturated heterocycles. The fourth-order valence-corrected chi connectivity index (χ4v) is 3.86. The Balaban J connectivity index is 1.69. The zero-order valence-corrected chi connectivity index (χ0v) is 19.8. The molecule has 0 saturated carbocycles. The first kappa shape index (κ1) is 25.0. The summed E-state index contributed by atoms with van der Waals surface area (Å²) >= 11 is 6.44. The lowest BCUT2D eigenvalue weighted by Crippen LogP contribution is -2.29. The molecule has 0 radical (unpaired) electrons. The summed E-state index contributed by atoms with van der Waals surface area (Å²) in [6, 6.07) is 1.95. The van der Waals surface area contributed by atoms with Gasteiger partial charge in [-0.3, -0.25) is 9.48 Å². The van der Waals surface area contributed by atoms with Crippen molar-refractivity contribution in [3.05, 3.63) is 40.7 Å². The van der Waals surface area contributed by atoms with E-state index in [0.29, 0.717) is 33.8 Å². The number of hydrogen-bond donors (Lipinski definition) is 2. The molecule has 3 aromatic heterocycles. The number of fused-ring (bicyclic) bond motifs is 2. The Morgan fingerprint density at radius 1 is 1.31 bits per heavy atom. The first-order chi connectivity index (χ1) is 16.9. The molecule has 0 fully saturated rings. The number of anilines is 1.